The second-order valence-corrected chi connectivity index (χ2v) is 12.2. The number of rotatable bonds is 9. The summed E-state index contributed by atoms with van der Waals surface area (Å²) >= 11 is 1.66. The second-order valence-electron chi connectivity index (χ2n) is 10.6. The van der Waals surface area contributed by atoms with E-state index in [2.05, 4.69) is 10.6 Å². The first-order chi connectivity index (χ1) is 16.2. The molecular weight excluding hydrogens is 450 g/mol. The third-order valence-electron chi connectivity index (χ3n) is 7.38. The Labute approximate surface area is 206 Å². The van der Waals surface area contributed by atoms with Crippen LogP contribution >= 0.6 is 11.8 Å². The van der Waals surface area contributed by atoms with Gasteiger partial charge >= 0.3 is 0 Å². The first-order valence-electron chi connectivity index (χ1n) is 12.4. The van der Waals surface area contributed by atoms with E-state index in [0.29, 0.717) is 13.0 Å². The summed E-state index contributed by atoms with van der Waals surface area (Å²) in [5.41, 5.74) is 1.01. The van der Waals surface area contributed by atoms with Crippen LogP contribution in [0.15, 0.2) is 30.3 Å². The number of likely N-dealkylation sites (tertiary alicyclic amines) is 1. The molecule has 34 heavy (non-hydrogen) atoms. The van der Waals surface area contributed by atoms with Gasteiger partial charge in [-0.2, -0.15) is 0 Å². The highest BCUT2D eigenvalue weighted by Crippen LogP contribution is 2.66. The van der Waals surface area contributed by atoms with E-state index in [4.69, 9.17) is 0 Å². The average molecular weight is 488 g/mol. The molecule has 3 aliphatic rings. The van der Waals surface area contributed by atoms with Crippen LogP contribution in [0.1, 0.15) is 52.5 Å². The number of amides is 3. The number of hydrogen-bond acceptors (Lipinski definition) is 5. The summed E-state index contributed by atoms with van der Waals surface area (Å²) in [5.74, 6) is -1.20. The standard InChI is InChI=1S/C26H37N3O4S/c1-15(2)12-18(14-30)29-22(24(32)28-16(3)4)26-11-10-19(34-26)20(21(26)25(29)33)23(31)27-13-17-8-6-5-7-9-17/h5-9,15-16,18-22,30H,10-14H2,1-4H3,(H,27,31)(H,28,32)/t18-,19+,20-,21+,22?,26?/m1/s1. The number of aliphatic hydroxyl groups is 1. The average Bonchev–Trinajstić information content (AvgIpc) is 3.43. The van der Waals surface area contributed by atoms with E-state index in [1.54, 1.807) is 16.7 Å². The molecule has 0 saturated carbocycles. The van der Waals surface area contributed by atoms with Crippen LogP contribution in [-0.4, -0.2) is 62.5 Å². The Morgan fingerprint density at radius 1 is 1.18 bits per heavy atom. The molecule has 0 aromatic heterocycles. The molecule has 0 aliphatic carbocycles. The van der Waals surface area contributed by atoms with E-state index in [0.717, 1.165) is 18.4 Å². The third kappa shape index (κ3) is 4.35. The number of carbonyl (C=O) groups excluding carboxylic acids is 3. The fourth-order valence-electron chi connectivity index (χ4n) is 6.17. The molecule has 1 spiro atoms. The van der Waals surface area contributed by atoms with E-state index in [1.165, 1.54) is 0 Å². The molecule has 3 fully saturated rings. The molecule has 8 heteroatoms. The summed E-state index contributed by atoms with van der Waals surface area (Å²) in [6.07, 6.45) is 2.15. The number of nitrogens with zero attached hydrogens (tertiary/aromatic N) is 1. The summed E-state index contributed by atoms with van der Waals surface area (Å²) < 4.78 is -0.625. The Bertz CT molecular complexity index is 924. The second kappa shape index (κ2) is 9.90. The fraction of sp³-hybridized carbons (Fsp3) is 0.654. The van der Waals surface area contributed by atoms with Crippen LogP contribution < -0.4 is 10.6 Å². The van der Waals surface area contributed by atoms with E-state index in [1.807, 2.05) is 58.0 Å². The number of carbonyl (C=O) groups is 3. The van der Waals surface area contributed by atoms with Crippen molar-refractivity contribution in [1.29, 1.82) is 0 Å². The Hall–Kier alpha value is -2.06. The van der Waals surface area contributed by atoms with Gasteiger partial charge in [0, 0.05) is 17.8 Å². The molecule has 7 nitrogen and oxygen atoms in total. The number of benzene rings is 1. The maximum Gasteiger partial charge on any atom is 0.244 e. The maximum atomic E-state index is 14.0. The zero-order valence-corrected chi connectivity index (χ0v) is 21.3. The predicted octanol–water partition coefficient (Wildman–Crippen LogP) is 2.33. The lowest BCUT2D eigenvalue weighted by Crippen LogP contribution is -2.57. The lowest BCUT2D eigenvalue weighted by molar-refractivity contribution is -0.143. The minimum absolute atomic E-state index is 0.0268. The van der Waals surface area contributed by atoms with Crippen molar-refractivity contribution < 1.29 is 19.5 Å². The predicted molar refractivity (Wildman–Crippen MR) is 133 cm³/mol. The van der Waals surface area contributed by atoms with Gasteiger partial charge in [0.15, 0.2) is 0 Å². The highest BCUT2D eigenvalue weighted by Gasteiger charge is 2.74. The van der Waals surface area contributed by atoms with Crippen LogP contribution in [0.2, 0.25) is 0 Å². The summed E-state index contributed by atoms with van der Waals surface area (Å²) in [5, 5.41) is 16.3. The number of nitrogens with one attached hydrogen (secondary N) is 2. The molecule has 1 aromatic carbocycles. The van der Waals surface area contributed by atoms with Gasteiger partial charge in [-0.1, -0.05) is 44.2 Å². The molecule has 6 atom stereocenters. The summed E-state index contributed by atoms with van der Waals surface area (Å²) in [6, 6.07) is 8.55. The van der Waals surface area contributed by atoms with E-state index in [-0.39, 0.29) is 41.5 Å². The molecule has 3 heterocycles. The van der Waals surface area contributed by atoms with Gasteiger partial charge in [0.25, 0.3) is 0 Å². The molecule has 3 saturated heterocycles. The molecule has 1 aromatic rings. The van der Waals surface area contributed by atoms with Crippen molar-refractivity contribution in [3.8, 4) is 0 Å². The van der Waals surface area contributed by atoms with Crippen LogP contribution in [-0.2, 0) is 20.9 Å². The van der Waals surface area contributed by atoms with Crippen molar-refractivity contribution in [3.63, 3.8) is 0 Å². The monoisotopic (exact) mass is 487 g/mol. The minimum atomic E-state index is -0.676. The van der Waals surface area contributed by atoms with Crippen LogP contribution in [0.3, 0.4) is 0 Å². The van der Waals surface area contributed by atoms with Crippen molar-refractivity contribution in [2.75, 3.05) is 6.61 Å². The lowest BCUT2D eigenvalue weighted by atomic mass is 9.70. The normalized spacial score (nSPS) is 30.7. The Kier molecular flexibility index (Phi) is 7.29. The number of aliphatic hydroxyl groups excluding tert-OH is 1. The van der Waals surface area contributed by atoms with Gasteiger partial charge in [0.1, 0.15) is 6.04 Å². The van der Waals surface area contributed by atoms with Gasteiger partial charge in [0.2, 0.25) is 17.7 Å². The molecule has 2 unspecified atom stereocenters. The van der Waals surface area contributed by atoms with Gasteiger partial charge in [0.05, 0.1) is 29.2 Å². The Morgan fingerprint density at radius 2 is 1.88 bits per heavy atom. The minimum Gasteiger partial charge on any atom is -0.394 e. The molecule has 2 bridgehead atoms. The van der Waals surface area contributed by atoms with Crippen molar-refractivity contribution in [2.45, 2.75) is 81.6 Å². The first kappa shape index (κ1) is 25.0. The fourth-order valence-corrected chi connectivity index (χ4v) is 8.38. The molecule has 3 aliphatic heterocycles. The highest BCUT2D eigenvalue weighted by molar-refractivity contribution is 8.02. The van der Waals surface area contributed by atoms with E-state index in [9.17, 15) is 19.5 Å². The van der Waals surface area contributed by atoms with Crippen LogP contribution in [0.4, 0.5) is 0 Å². The topological polar surface area (TPSA) is 98.7 Å². The SMILES string of the molecule is CC(C)C[C@H](CO)N1C(=O)[C@@H]2[C@H](C(=O)NCc3ccccc3)[C@@H]3CCC2(S3)C1C(=O)NC(C)C. The van der Waals surface area contributed by atoms with Gasteiger partial charge in [-0.25, -0.2) is 0 Å². The smallest absolute Gasteiger partial charge is 0.244 e. The van der Waals surface area contributed by atoms with Crippen molar-refractivity contribution in [1.82, 2.24) is 15.5 Å². The van der Waals surface area contributed by atoms with Crippen molar-refractivity contribution in [2.24, 2.45) is 17.8 Å². The zero-order valence-electron chi connectivity index (χ0n) is 20.5. The molecule has 0 radical (unpaired) electrons. The van der Waals surface area contributed by atoms with E-state index >= 15 is 0 Å². The number of thioether (sulfide) groups is 1. The van der Waals surface area contributed by atoms with Gasteiger partial charge < -0.3 is 20.6 Å². The van der Waals surface area contributed by atoms with E-state index < -0.39 is 28.7 Å². The molecule has 4 rings (SSSR count). The number of hydrogen-bond donors (Lipinski definition) is 3. The summed E-state index contributed by atoms with van der Waals surface area (Å²) in [7, 11) is 0. The van der Waals surface area contributed by atoms with Gasteiger partial charge in [-0.05, 0) is 44.6 Å². The molecule has 3 N–H and O–H groups in total. The van der Waals surface area contributed by atoms with Crippen molar-refractivity contribution in [3.05, 3.63) is 35.9 Å². The lowest BCUT2D eigenvalue weighted by Gasteiger charge is -2.38. The molecular formula is C26H37N3O4S. The summed E-state index contributed by atoms with van der Waals surface area (Å²) in [4.78, 5) is 42.6. The van der Waals surface area contributed by atoms with Gasteiger partial charge in [-0.3, -0.25) is 14.4 Å². The van der Waals surface area contributed by atoms with Crippen LogP contribution in [0.25, 0.3) is 0 Å². The molecule has 186 valence electrons. The van der Waals surface area contributed by atoms with Crippen LogP contribution in [0.5, 0.6) is 0 Å². The summed E-state index contributed by atoms with van der Waals surface area (Å²) in [6.45, 7) is 8.12. The zero-order chi connectivity index (χ0) is 24.6. The highest BCUT2D eigenvalue weighted by atomic mass is 32.2. The van der Waals surface area contributed by atoms with Crippen molar-refractivity contribution >= 4 is 29.5 Å². The third-order valence-corrected chi connectivity index (χ3v) is 9.33. The maximum absolute atomic E-state index is 14.0. The largest absolute Gasteiger partial charge is 0.394 e. The quantitative estimate of drug-likeness (QED) is 0.497. The first-order valence-corrected chi connectivity index (χ1v) is 13.3. The Balaban J connectivity index is 1.65. The van der Waals surface area contributed by atoms with Crippen LogP contribution in [0, 0.1) is 17.8 Å². The number of fused-ring (bicyclic) bond motifs is 1. The van der Waals surface area contributed by atoms with Gasteiger partial charge in [-0.15, -0.1) is 11.8 Å². The Morgan fingerprint density at radius 3 is 2.50 bits per heavy atom. The molecule has 3 amide bonds.